The van der Waals surface area contributed by atoms with Gasteiger partial charge in [-0.05, 0) is 83.4 Å². The first kappa shape index (κ1) is 68.2. The number of guanidine groups is 1. The average molecular weight is 1140 g/mol. The fourth-order valence-electron chi connectivity index (χ4n) is 9.03. The van der Waals surface area contributed by atoms with Gasteiger partial charge in [0.25, 0.3) is 0 Å². The van der Waals surface area contributed by atoms with Crippen molar-refractivity contribution in [1.82, 2.24) is 44.5 Å². The minimum absolute atomic E-state index is 0.00619. The largest absolute Gasteiger partial charge is 0.395 e. The second-order valence-electron chi connectivity index (χ2n) is 20.6. The number of aliphatic imine (C=N–C) groups is 1. The number of carbonyl (C=O) groups is 9. The highest BCUT2D eigenvalue weighted by atomic mass is 16.5. The summed E-state index contributed by atoms with van der Waals surface area (Å²) >= 11 is 0. The van der Waals surface area contributed by atoms with E-state index >= 15 is 0 Å². The number of nitrogens with one attached hydrogen (secondary N) is 1. The lowest BCUT2D eigenvalue weighted by molar-refractivity contribution is -0.148. The van der Waals surface area contributed by atoms with Crippen LogP contribution in [0.5, 0.6) is 0 Å². The summed E-state index contributed by atoms with van der Waals surface area (Å²) in [6.45, 7) is 6.37. The van der Waals surface area contributed by atoms with Crippen LogP contribution in [0.2, 0.25) is 0 Å². The summed E-state index contributed by atoms with van der Waals surface area (Å²) < 4.78 is 5.26. The molecule has 1 unspecified atom stereocenters. The second kappa shape index (κ2) is 36.3. The zero-order chi connectivity index (χ0) is 60.0. The lowest BCUT2D eigenvalue weighted by Gasteiger charge is -2.32. The number of rotatable bonds is 36. The SMILES string of the molecule is COCCN(CC(=O)N(CCN)CC(=O)NC1CCCCN(CC(=O)N(CCO)CC(=O)N(CC(=O)N(CC(C)=O)C(C)C)Cc2ccc(-c3ccccc3)cc2)C1=O)C(=O)CN(CCCCN=C(N)N)C(=O)CN(CCN)C(C)C. The maximum atomic E-state index is 14.3. The van der Waals surface area contributed by atoms with E-state index in [0.29, 0.717) is 50.9 Å². The Morgan fingerprint density at radius 2 is 1.23 bits per heavy atom. The standard InChI is InChI=1S/C56H90N14O11/c1-41(2)63(26-21-57)35-49(74)64(24-13-11-23-61-56(59)60)36-51(76)67(29-31-81-6)37-50(75)65(27-22-58)34-48(73)62-47-16-10-12-25-68(55(47)80)39-52(77)66(28-30-71)38-53(78)69(40-54(79)70(42(3)4)32-43(5)72)33-44-17-19-46(20-18-44)45-14-8-7-9-15-45/h7-9,14-15,17-20,41-42,47,71H,10-13,16,21-40,57-58H2,1-6H3,(H,62,73)(H4,59,60,61). The summed E-state index contributed by atoms with van der Waals surface area (Å²) in [5.74, 6) is -4.80. The van der Waals surface area contributed by atoms with Gasteiger partial charge in [-0.3, -0.25) is 53.0 Å². The number of ketones is 1. The molecule has 1 atom stereocenters. The number of hydrogen-bond acceptors (Lipinski definition) is 15. The Hall–Kier alpha value is -7.06. The van der Waals surface area contributed by atoms with Gasteiger partial charge in [0.1, 0.15) is 18.4 Å². The smallest absolute Gasteiger partial charge is 0.245 e. The lowest BCUT2D eigenvalue weighted by atomic mass is 10.0. The number of ether oxygens (including phenoxy) is 1. The number of likely N-dealkylation sites (tertiary alicyclic amines) is 1. The van der Waals surface area contributed by atoms with E-state index in [2.05, 4.69) is 10.3 Å². The molecular weight excluding hydrogens is 1040 g/mol. The molecule has 1 fully saturated rings. The molecule has 8 amide bonds. The van der Waals surface area contributed by atoms with Gasteiger partial charge in [0.05, 0.1) is 59.0 Å². The molecule has 81 heavy (non-hydrogen) atoms. The fraction of sp³-hybridized carbons (Fsp3) is 0.607. The minimum atomic E-state index is -1.09. The number of methoxy groups -OCH3 is 1. The Bertz CT molecular complexity index is 2370. The van der Waals surface area contributed by atoms with E-state index in [0.717, 1.165) is 16.0 Å². The number of unbranched alkanes of at least 4 members (excludes halogenated alkanes) is 1. The van der Waals surface area contributed by atoms with Crippen molar-refractivity contribution in [2.45, 2.75) is 91.4 Å². The van der Waals surface area contributed by atoms with Crippen molar-refractivity contribution < 1.29 is 53.0 Å². The molecule has 450 valence electrons. The normalized spacial score (nSPS) is 13.4. The van der Waals surface area contributed by atoms with E-state index in [1.54, 1.807) is 13.8 Å². The van der Waals surface area contributed by atoms with Gasteiger partial charge in [-0.1, -0.05) is 54.6 Å². The Labute approximate surface area is 477 Å². The third-order valence-electron chi connectivity index (χ3n) is 13.6. The maximum Gasteiger partial charge on any atom is 0.245 e. The highest BCUT2D eigenvalue weighted by Crippen LogP contribution is 2.21. The molecule has 2 aromatic rings. The number of amides is 8. The van der Waals surface area contributed by atoms with E-state index in [4.69, 9.17) is 27.7 Å². The van der Waals surface area contributed by atoms with E-state index in [-0.39, 0.29) is 108 Å². The number of carbonyl (C=O) groups excluding carboxylic acids is 9. The molecular formula is C56H90N14O11. The number of aliphatic hydroxyl groups excluding tert-OH is 1. The van der Waals surface area contributed by atoms with Crippen LogP contribution < -0.4 is 28.3 Å². The molecule has 0 saturated carbocycles. The van der Waals surface area contributed by atoms with Gasteiger partial charge >= 0.3 is 0 Å². The molecule has 0 radical (unpaired) electrons. The second-order valence-corrected chi connectivity index (χ2v) is 20.6. The van der Waals surface area contributed by atoms with Crippen LogP contribution in [-0.4, -0.2) is 253 Å². The van der Waals surface area contributed by atoms with Crippen molar-refractivity contribution in [3.63, 3.8) is 0 Å². The van der Waals surface area contributed by atoms with Crippen molar-refractivity contribution in [1.29, 1.82) is 0 Å². The molecule has 1 saturated heterocycles. The summed E-state index contributed by atoms with van der Waals surface area (Å²) in [6, 6.07) is 15.7. The topological polar surface area (TPSA) is 337 Å². The zero-order valence-corrected chi connectivity index (χ0v) is 48.5. The molecule has 10 N–H and O–H groups in total. The zero-order valence-electron chi connectivity index (χ0n) is 48.5. The number of nitrogens with two attached hydrogens (primary N) is 4. The van der Waals surface area contributed by atoms with Crippen LogP contribution >= 0.6 is 0 Å². The summed E-state index contributed by atoms with van der Waals surface area (Å²) in [4.78, 5) is 139. The van der Waals surface area contributed by atoms with E-state index in [9.17, 15) is 48.3 Å². The summed E-state index contributed by atoms with van der Waals surface area (Å²) in [7, 11) is 1.44. The van der Waals surface area contributed by atoms with E-state index in [1.807, 2.05) is 73.3 Å². The first-order valence-corrected chi connectivity index (χ1v) is 27.8. The molecule has 2 aromatic carbocycles. The molecule has 3 rings (SSSR count). The van der Waals surface area contributed by atoms with Crippen molar-refractivity contribution >= 4 is 59.0 Å². The monoisotopic (exact) mass is 1130 g/mol. The number of Topliss-reactive ketones (excluding diaryl/α,β-unsaturated/α-hetero) is 1. The van der Waals surface area contributed by atoms with Crippen LogP contribution in [0.1, 0.15) is 72.3 Å². The van der Waals surface area contributed by atoms with Crippen LogP contribution in [0.3, 0.4) is 0 Å². The van der Waals surface area contributed by atoms with Crippen LogP contribution in [-0.2, 0) is 54.4 Å². The van der Waals surface area contributed by atoms with Crippen molar-refractivity contribution in [3.8, 4) is 11.1 Å². The van der Waals surface area contributed by atoms with Gasteiger partial charge in [-0.25, -0.2) is 0 Å². The lowest BCUT2D eigenvalue weighted by Crippen LogP contribution is -2.54. The Balaban J connectivity index is 1.77. The molecule has 25 heteroatoms. The first-order valence-electron chi connectivity index (χ1n) is 27.8. The van der Waals surface area contributed by atoms with Gasteiger partial charge in [0.2, 0.25) is 47.3 Å². The molecule has 1 aliphatic heterocycles. The number of nitrogens with zero attached hydrogens (tertiary/aromatic N) is 9. The van der Waals surface area contributed by atoms with E-state index in [1.165, 1.54) is 43.4 Å². The summed E-state index contributed by atoms with van der Waals surface area (Å²) in [6.07, 6.45) is 2.19. The molecule has 0 bridgehead atoms. The predicted octanol–water partition coefficient (Wildman–Crippen LogP) is -1.36. The average Bonchev–Trinajstić information content (AvgIpc) is 3.60. The van der Waals surface area contributed by atoms with Gasteiger partial charge < -0.3 is 72.4 Å². The molecule has 1 aliphatic rings. The maximum absolute atomic E-state index is 14.3. The van der Waals surface area contributed by atoms with Gasteiger partial charge in [-0.15, -0.1) is 0 Å². The van der Waals surface area contributed by atoms with Gasteiger partial charge in [0.15, 0.2) is 5.96 Å². The van der Waals surface area contributed by atoms with E-state index < -0.39 is 86.7 Å². The molecule has 0 aromatic heterocycles. The van der Waals surface area contributed by atoms with Gasteiger partial charge in [-0.2, -0.15) is 0 Å². The Morgan fingerprint density at radius 3 is 1.80 bits per heavy atom. The number of benzene rings is 2. The molecule has 1 heterocycles. The highest BCUT2D eigenvalue weighted by molar-refractivity contribution is 5.95. The van der Waals surface area contributed by atoms with Crippen LogP contribution in [0.25, 0.3) is 11.1 Å². The van der Waals surface area contributed by atoms with Crippen molar-refractivity contribution in [3.05, 3.63) is 60.2 Å². The summed E-state index contributed by atoms with van der Waals surface area (Å²) in [5, 5.41) is 12.8. The minimum Gasteiger partial charge on any atom is -0.395 e. The Morgan fingerprint density at radius 1 is 0.667 bits per heavy atom. The molecule has 25 nitrogen and oxygen atoms in total. The fourth-order valence-corrected chi connectivity index (χ4v) is 9.03. The third-order valence-corrected chi connectivity index (χ3v) is 13.6. The third kappa shape index (κ3) is 24.3. The molecule has 0 spiro atoms. The number of hydrogen-bond donors (Lipinski definition) is 6. The molecule has 0 aliphatic carbocycles. The van der Waals surface area contributed by atoms with Crippen molar-refractivity contribution in [2.24, 2.45) is 27.9 Å². The predicted molar refractivity (Wildman–Crippen MR) is 307 cm³/mol. The first-order chi connectivity index (χ1) is 38.6. The van der Waals surface area contributed by atoms with Crippen LogP contribution in [0, 0.1) is 0 Å². The number of aliphatic hydroxyl groups is 1. The highest BCUT2D eigenvalue weighted by Gasteiger charge is 2.34. The Kier molecular flexibility index (Phi) is 30.6. The van der Waals surface area contributed by atoms with Gasteiger partial charge in [0, 0.05) is 84.6 Å². The van der Waals surface area contributed by atoms with Crippen molar-refractivity contribution in [2.75, 3.05) is 132 Å². The van der Waals surface area contributed by atoms with Crippen LogP contribution in [0.15, 0.2) is 59.6 Å². The quantitative estimate of drug-likeness (QED) is 0.0261. The summed E-state index contributed by atoms with van der Waals surface area (Å²) in [5.41, 5.74) is 25.3. The van der Waals surface area contributed by atoms with Crippen LogP contribution in [0.4, 0.5) is 0 Å².